The molecule has 0 atom stereocenters. The summed E-state index contributed by atoms with van der Waals surface area (Å²) in [6.45, 7) is 0. The van der Waals surface area contributed by atoms with Crippen molar-refractivity contribution < 1.29 is 0 Å². The van der Waals surface area contributed by atoms with Crippen molar-refractivity contribution in [3.8, 4) is 16.8 Å². The van der Waals surface area contributed by atoms with Gasteiger partial charge in [0.15, 0.2) is 0 Å². The van der Waals surface area contributed by atoms with Crippen molar-refractivity contribution in [1.29, 1.82) is 0 Å². The molecule has 0 N–H and O–H groups in total. The van der Waals surface area contributed by atoms with Gasteiger partial charge in [-0.25, -0.2) is 0 Å². The minimum absolute atomic E-state index is 1.19. The van der Waals surface area contributed by atoms with Crippen molar-refractivity contribution in [1.82, 2.24) is 4.57 Å². The molecule has 1 nitrogen and oxygen atoms in total. The molecule has 0 spiro atoms. The lowest BCUT2D eigenvalue weighted by molar-refractivity contribution is 1.19. The van der Waals surface area contributed by atoms with Gasteiger partial charge in [0.1, 0.15) is 0 Å². The van der Waals surface area contributed by atoms with Gasteiger partial charge in [-0.1, -0.05) is 78.9 Å². The monoisotopic (exact) mass is 425 g/mol. The van der Waals surface area contributed by atoms with Crippen molar-refractivity contribution in [3.63, 3.8) is 0 Å². The maximum absolute atomic E-state index is 2.45. The lowest BCUT2D eigenvalue weighted by Crippen LogP contribution is -1.94. The third-order valence-corrected chi connectivity index (χ3v) is 7.36. The van der Waals surface area contributed by atoms with Gasteiger partial charge < -0.3 is 4.57 Å². The Morgan fingerprint density at radius 3 is 2.19 bits per heavy atom. The molecular formula is C30H19NS. The van der Waals surface area contributed by atoms with E-state index in [4.69, 9.17) is 0 Å². The first-order chi connectivity index (χ1) is 15.9. The Balaban J connectivity index is 1.59. The van der Waals surface area contributed by atoms with Crippen LogP contribution in [-0.2, 0) is 0 Å². The molecule has 0 fully saturated rings. The van der Waals surface area contributed by atoms with Crippen molar-refractivity contribution in [2.75, 3.05) is 0 Å². The van der Waals surface area contributed by atoms with E-state index in [2.05, 4.69) is 119 Å². The first-order valence-electron chi connectivity index (χ1n) is 10.9. The standard InChI is InChI=1S/C30H19NS/c1-2-6-20(7-3-1)21-10-13-23(14-11-21)31-27-16-12-22-8-4-5-9-24(22)29(27)26-15-17-28-25(30(26)31)18-19-32-28/h1-19H. The van der Waals surface area contributed by atoms with E-state index in [1.54, 1.807) is 11.3 Å². The highest BCUT2D eigenvalue weighted by Gasteiger charge is 2.17. The van der Waals surface area contributed by atoms with E-state index in [0.29, 0.717) is 0 Å². The number of aromatic nitrogens is 1. The molecule has 0 aliphatic rings. The molecule has 2 aromatic heterocycles. The zero-order valence-electron chi connectivity index (χ0n) is 17.3. The fourth-order valence-corrected chi connectivity index (χ4v) is 5.81. The first kappa shape index (κ1) is 17.8. The van der Waals surface area contributed by atoms with E-state index in [1.165, 1.54) is 59.5 Å². The number of benzene rings is 5. The van der Waals surface area contributed by atoms with Gasteiger partial charge in [-0.2, -0.15) is 0 Å². The third-order valence-electron chi connectivity index (χ3n) is 6.48. The van der Waals surface area contributed by atoms with Gasteiger partial charge in [0.05, 0.1) is 11.0 Å². The Kier molecular flexibility index (Phi) is 3.78. The third kappa shape index (κ3) is 2.50. The molecule has 0 radical (unpaired) electrons. The normalized spacial score (nSPS) is 11.8. The van der Waals surface area contributed by atoms with Crippen LogP contribution in [0.5, 0.6) is 0 Å². The molecule has 0 amide bonds. The molecule has 0 saturated carbocycles. The van der Waals surface area contributed by atoms with Gasteiger partial charge >= 0.3 is 0 Å². The Labute approximate surface area is 189 Å². The molecule has 32 heavy (non-hydrogen) atoms. The molecule has 0 bridgehead atoms. The second-order valence-electron chi connectivity index (χ2n) is 8.22. The van der Waals surface area contributed by atoms with E-state index >= 15 is 0 Å². The van der Waals surface area contributed by atoms with Crippen LogP contribution in [0.25, 0.3) is 59.5 Å². The molecular weight excluding hydrogens is 406 g/mol. The fraction of sp³-hybridized carbons (Fsp3) is 0. The van der Waals surface area contributed by atoms with E-state index in [0.717, 1.165) is 0 Å². The smallest absolute Gasteiger partial charge is 0.0628 e. The number of thiophene rings is 1. The molecule has 0 saturated heterocycles. The Hall–Kier alpha value is -3.88. The van der Waals surface area contributed by atoms with E-state index in [9.17, 15) is 0 Å². The molecule has 7 aromatic rings. The predicted octanol–water partition coefficient (Wildman–Crippen LogP) is 8.82. The summed E-state index contributed by atoms with van der Waals surface area (Å²) in [7, 11) is 0. The highest BCUT2D eigenvalue weighted by molar-refractivity contribution is 7.17. The Bertz CT molecular complexity index is 1750. The Morgan fingerprint density at radius 1 is 0.531 bits per heavy atom. The van der Waals surface area contributed by atoms with Crippen LogP contribution in [0, 0.1) is 0 Å². The second-order valence-corrected chi connectivity index (χ2v) is 9.17. The molecule has 0 aliphatic heterocycles. The van der Waals surface area contributed by atoms with Crippen LogP contribution in [0.3, 0.4) is 0 Å². The van der Waals surface area contributed by atoms with Gasteiger partial charge in [0.2, 0.25) is 0 Å². The number of hydrogen-bond acceptors (Lipinski definition) is 1. The molecule has 0 aliphatic carbocycles. The number of nitrogens with zero attached hydrogens (tertiary/aromatic N) is 1. The molecule has 7 rings (SSSR count). The highest BCUT2D eigenvalue weighted by Crippen LogP contribution is 2.41. The summed E-state index contributed by atoms with van der Waals surface area (Å²) < 4.78 is 3.77. The number of fused-ring (bicyclic) bond motifs is 7. The summed E-state index contributed by atoms with van der Waals surface area (Å²) in [5, 5.41) is 8.75. The van der Waals surface area contributed by atoms with Crippen LogP contribution >= 0.6 is 11.3 Å². The zero-order chi connectivity index (χ0) is 21.1. The summed E-state index contributed by atoms with van der Waals surface area (Å²) in [5.41, 5.74) is 6.22. The predicted molar refractivity (Wildman–Crippen MR) is 139 cm³/mol. The van der Waals surface area contributed by atoms with E-state index in [-0.39, 0.29) is 0 Å². The minimum atomic E-state index is 1.19. The van der Waals surface area contributed by atoms with Crippen molar-refractivity contribution in [3.05, 3.63) is 115 Å². The molecule has 5 aromatic carbocycles. The number of rotatable bonds is 2. The molecule has 2 heteroatoms. The topological polar surface area (TPSA) is 4.93 Å². The van der Waals surface area contributed by atoms with Crippen LogP contribution in [0.4, 0.5) is 0 Å². The first-order valence-corrected chi connectivity index (χ1v) is 11.7. The molecule has 150 valence electrons. The summed E-state index contributed by atoms with van der Waals surface area (Å²) in [4.78, 5) is 0. The summed E-state index contributed by atoms with van der Waals surface area (Å²) in [6.07, 6.45) is 0. The van der Waals surface area contributed by atoms with Gasteiger partial charge in [-0.05, 0) is 57.6 Å². The summed E-state index contributed by atoms with van der Waals surface area (Å²) in [5.74, 6) is 0. The largest absolute Gasteiger partial charge is 0.309 e. The van der Waals surface area contributed by atoms with E-state index < -0.39 is 0 Å². The highest BCUT2D eigenvalue weighted by atomic mass is 32.1. The van der Waals surface area contributed by atoms with Crippen molar-refractivity contribution >= 4 is 54.0 Å². The average Bonchev–Trinajstić information content (AvgIpc) is 3.47. The van der Waals surface area contributed by atoms with Crippen LogP contribution < -0.4 is 0 Å². The van der Waals surface area contributed by atoms with Gasteiger partial charge in [-0.15, -0.1) is 11.3 Å². The fourth-order valence-electron chi connectivity index (χ4n) is 5.02. The zero-order valence-corrected chi connectivity index (χ0v) is 18.1. The van der Waals surface area contributed by atoms with Crippen LogP contribution in [0.1, 0.15) is 0 Å². The Morgan fingerprint density at radius 2 is 1.31 bits per heavy atom. The van der Waals surface area contributed by atoms with E-state index in [1.807, 2.05) is 0 Å². The lowest BCUT2D eigenvalue weighted by Gasteiger charge is -2.10. The SMILES string of the molecule is c1ccc(-c2ccc(-n3c4ccc5ccccc5c4c4ccc5sccc5c43)cc2)cc1. The average molecular weight is 426 g/mol. The second kappa shape index (κ2) is 6.81. The number of hydrogen-bond donors (Lipinski definition) is 0. The van der Waals surface area contributed by atoms with Crippen molar-refractivity contribution in [2.24, 2.45) is 0 Å². The van der Waals surface area contributed by atoms with Crippen LogP contribution in [0.15, 0.2) is 115 Å². The van der Waals surface area contributed by atoms with Crippen LogP contribution in [-0.4, -0.2) is 4.57 Å². The van der Waals surface area contributed by atoms with Gasteiger partial charge in [0.25, 0.3) is 0 Å². The summed E-state index contributed by atoms with van der Waals surface area (Å²) in [6, 6.07) is 39.6. The summed E-state index contributed by atoms with van der Waals surface area (Å²) >= 11 is 1.81. The van der Waals surface area contributed by atoms with Crippen molar-refractivity contribution in [2.45, 2.75) is 0 Å². The van der Waals surface area contributed by atoms with Crippen LogP contribution in [0.2, 0.25) is 0 Å². The molecule has 0 unspecified atom stereocenters. The van der Waals surface area contributed by atoms with Gasteiger partial charge in [-0.3, -0.25) is 0 Å². The maximum Gasteiger partial charge on any atom is 0.0628 e. The lowest BCUT2D eigenvalue weighted by atomic mass is 10.0. The molecule has 2 heterocycles. The minimum Gasteiger partial charge on any atom is -0.309 e. The van der Waals surface area contributed by atoms with Gasteiger partial charge in [0, 0.05) is 26.5 Å². The maximum atomic E-state index is 2.45. The quantitative estimate of drug-likeness (QED) is 0.261.